The first kappa shape index (κ1) is 12.5. The van der Waals surface area contributed by atoms with E-state index in [0.29, 0.717) is 12.3 Å². The van der Waals surface area contributed by atoms with Crippen LogP contribution < -0.4 is 0 Å². The molecule has 0 spiro atoms. The van der Waals surface area contributed by atoms with E-state index < -0.39 is 5.97 Å². The monoisotopic (exact) mass is 213 g/mol. The van der Waals surface area contributed by atoms with Crippen molar-refractivity contribution < 1.29 is 9.90 Å². The number of aliphatic carboxylic acids is 1. The molecule has 0 aromatic heterocycles. The minimum Gasteiger partial charge on any atom is -0.481 e. The van der Waals surface area contributed by atoms with Crippen LogP contribution in [-0.4, -0.2) is 36.1 Å². The summed E-state index contributed by atoms with van der Waals surface area (Å²) >= 11 is 0. The summed E-state index contributed by atoms with van der Waals surface area (Å²) in [6.07, 6.45) is 3.49. The zero-order chi connectivity index (χ0) is 11.5. The van der Waals surface area contributed by atoms with Crippen LogP contribution in [0.2, 0.25) is 0 Å². The van der Waals surface area contributed by atoms with E-state index in [-0.39, 0.29) is 5.41 Å². The Hall–Kier alpha value is -0.570. The second-order valence-electron chi connectivity index (χ2n) is 5.05. The Bertz CT molecular complexity index is 220. The predicted octanol–water partition coefficient (Wildman–Crippen LogP) is 2.22. The zero-order valence-electron chi connectivity index (χ0n) is 10.1. The molecule has 1 unspecified atom stereocenters. The molecule has 1 aliphatic heterocycles. The average molecular weight is 213 g/mol. The normalized spacial score (nSPS) is 23.7. The Labute approximate surface area is 92.5 Å². The van der Waals surface area contributed by atoms with Crippen LogP contribution in [0.3, 0.4) is 0 Å². The van der Waals surface area contributed by atoms with Gasteiger partial charge in [-0.25, -0.2) is 0 Å². The smallest absolute Gasteiger partial charge is 0.303 e. The lowest BCUT2D eigenvalue weighted by Crippen LogP contribution is -2.42. The molecule has 1 aliphatic rings. The molecule has 0 aliphatic carbocycles. The molecule has 1 N–H and O–H groups in total. The van der Waals surface area contributed by atoms with Gasteiger partial charge in [0.1, 0.15) is 0 Å². The molecule has 0 aromatic carbocycles. The number of piperidine rings is 1. The first-order valence-electron chi connectivity index (χ1n) is 5.90. The third-order valence-corrected chi connectivity index (χ3v) is 4.14. The van der Waals surface area contributed by atoms with Gasteiger partial charge in [0.25, 0.3) is 0 Å². The number of hydrogen-bond donors (Lipinski definition) is 1. The Morgan fingerprint density at radius 2 is 2.00 bits per heavy atom. The molecule has 1 saturated heterocycles. The molecular formula is C12H23NO2. The van der Waals surface area contributed by atoms with Crippen molar-refractivity contribution in [2.45, 2.75) is 39.5 Å². The molecule has 0 saturated carbocycles. The molecule has 0 radical (unpaired) electrons. The Morgan fingerprint density at radius 3 is 2.40 bits per heavy atom. The lowest BCUT2D eigenvalue weighted by atomic mass is 9.66. The highest BCUT2D eigenvalue weighted by Gasteiger charge is 2.39. The van der Waals surface area contributed by atoms with E-state index >= 15 is 0 Å². The zero-order valence-corrected chi connectivity index (χ0v) is 10.1. The number of carboxylic acids is 1. The van der Waals surface area contributed by atoms with E-state index in [1.807, 2.05) is 0 Å². The summed E-state index contributed by atoms with van der Waals surface area (Å²) in [4.78, 5) is 13.3. The van der Waals surface area contributed by atoms with Crippen LogP contribution in [0.5, 0.6) is 0 Å². The van der Waals surface area contributed by atoms with Gasteiger partial charge in [-0.15, -0.1) is 0 Å². The van der Waals surface area contributed by atoms with Gasteiger partial charge in [0.05, 0.1) is 6.42 Å². The summed E-state index contributed by atoms with van der Waals surface area (Å²) in [5.41, 5.74) is 0.0487. The number of likely N-dealkylation sites (tertiary alicyclic amines) is 1. The van der Waals surface area contributed by atoms with Gasteiger partial charge < -0.3 is 10.0 Å². The highest BCUT2D eigenvalue weighted by Crippen LogP contribution is 2.43. The summed E-state index contributed by atoms with van der Waals surface area (Å²) in [6.45, 7) is 6.44. The highest BCUT2D eigenvalue weighted by atomic mass is 16.4. The van der Waals surface area contributed by atoms with E-state index in [9.17, 15) is 4.79 Å². The van der Waals surface area contributed by atoms with Gasteiger partial charge >= 0.3 is 5.97 Å². The fourth-order valence-corrected chi connectivity index (χ4v) is 2.64. The Balaban J connectivity index is 2.72. The predicted molar refractivity (Wildman–Crippen MR) is 60.9 cm³/mol. The molecule has 1 atom stereocenters. The second kappa shape index (κ2) is 4.97. The first-order chi connectivity index (χ1) is 7.00. The van der Waals surface area contributed by atoms with E-state index in [1.165, 1.54) is 0 Å². The molecule has 3 nitrogen and oxygen atoms in total. The Kier molecular flexibility index (Phi) is 4.14. The average Bonchev–Trinajstić information content (AvgIpc) is 2.20. The fourth-order valence-electron chi connectivity index (χ4n) is 2.64. The quantitative estimate of drug-likeness (QED) is 0.778. The summed E-state index contributed by atoms with van der Waals surface area (Å²) in [5.74, 6) is -0.123. The van der Waals surface area contributed by atoms with E-state index in [0.717, 1.165) is 32.4 Å². The van der Waals surface area contributed by atoms with Crippen LogP contribution in [-0.2, 0) is 4.79 Å². The van der Waals surface area contributed by atoms with Crippen LogP contribution in [0.4, 0.5) is 0 Å². The molecule has 1 fully saturated rings. The second-order valence-corrected chi connectivity index (χ2v) is 5.05. The molecular weight excluding hydrogens is 190 g/mol. The van der Waals surface area contributed by atoms with Crippen molar-refractivity contribution in [1.82, 2.24) is 4.90 Å². The highest BCUT2D eigenvalue weighted by molar-refractivity contribution is 5.67. The third-order valence-electron chi connectivity index (χ3n) is 4.14. The molecule has 3 heteroatoms. The van der Waals surface area contributed by atoms with Crippen molar-refractivity contribution in [2.24, 2.45) is 11.3 Å². The topological polar surface area (TPSA) is 40.5 Å². The maximum atomic E-state index is 11.0. The van der Waals surface area contributed by atoms with Crippen molar-refractivity contribution in [3.05, 3.63) is 0 Å². The minimum atomic E-state index is -0.639. The summed E-state index contributed by atoms with van der Waals surface area (Å²) in [7, 11) is 2.11. The van der Waals surface area contributed by atoms with Crippen molar-refractivity contribution in [3.63, 3.8) is 0 Å². The van der Waals surface area contributed by atoms with Crippen molar-refractivity contribution in [3.8, 4) is 0 Å². The van der Waals surface area contributed by atoms with E-state index in [2.05, 4.69) is 25.8 Å². The van der Waals surface area contributed by atoms with Gasteiger partial charge in [0.2, 0.25) is 0 Å². The third kappa shape index (κ3) is 2.94. The number of nitrogens with zero attached hydrogens (tertiary/aromatic N) is 1. The van der Waals surface area contributed by atoms with Gasteiger partial charge in [-0.2, -0.15) is 0 Å². The van der Waals surface area contributed by atoms with Crippen molar-refractivity contribution in [1.29, 1.82) is 0 Å². The number of hydrogen-bond acceptors (Lipinski definition) is 2. The number of carbonyl (C=O) groups is 1. The fraction of sp³-hybridized carbons (Fsp3) is 0.917. The van der Waals surface area contributed by atoms with Gasteiger partial charge in [-0.05, 0) is 44.3 Å². The number of carboxylic acid groups (broad SMARTS) is 1. The maximum Gasteiger partial charge on any atom is 0.303 e. The Morgan fingerprint density at radius 1 is 1.47 bits per heavy atom. The largest absolute Gasteiger partial charge is 0.481 e. The molecule has 15 heavy (non-hydrogen) atoms. The van der Waals surface area contributed by atoms with Crippen molar-refractivity contribution >= 4 is 5.97 Å². The van der Waals surface area contributed by atoms with Gasteiger partial charge in [-0.3, -0.25) is 4.79 Å². The first-order valence-corrected chi connectivity index (χ1v) is 5.90. The summed E-state index contributed by atoms with van der Waals surface area (Å²) in [6, 6.07) is 0. The van der Waals surface area contributed by atoms with Crippen molar-refractivity contribution in [2.75, 3.05) is 20.1 Å². The van der Waals surface area contributed by atoms with Crippen LogP contribution >= 0.6 is 0 Å². The lowest BCUT2D eigenvalue weighted by Gasteiger charge is -2.44. The molecule has 0 bridgehead atoms. The van der Waals surface area contributed by atoms with Crippen LogP contribution in [0.1, 0.15) is 39.5 Å². The maximum absolute atomic E-state index is 11.0. The van der Waals surface area contributed by atoms with E-state index in [1.54, 1.807) is 0 Å². The molecule has 88 valence electrons. The van der Waals surface area contributed by atoms with Crippen LogP contribution in [0.15, 0.2) is 0 Å². The summed E-state index contributed by atoms with van der Waals surface area (Å²) in [5, 5.41) is 9.03. The van der Waals surface area contributed by atoms with Crippen LogP contribution in [0, 0.1) is 11.3 Å². The van der Waals surface area contributed by atoms with Gasteiger partial charge in [0, 0.05) is 0 Å². The van der Waals surface area contributed by atoms with Gasteiger partial charge in [-0.1, -0.05) is 20.3 Å². The standard InChI is InChI=1S/C12H23NO2/c1-4-10(2)12(9-11(14)15)5-7-13(3)8-6-12/h10H,4-9H2,1-3H3,(H,14,15). The molecule has 0 aromatic rings. The lowest BCUT2D eigenvalue weighted by molar-refractivity contribution is -0.142. The van der Waals surface area contributed by atoms with Crippen LogP contribution in [0.25, 0.3) is 0 Å². The summed E-state index contributed by atoms with van der Waals surface area (Å²) < 4.78 is 0. The molecule has 1 rings (SSSR count). The van der Waals surface area contributed by atoms with E-state index in [4.69, 9.17) is 5.11 Å². The number of rotatable bonds is 4. The van der Waals surface area contributed by atoms with Gasteiger partial charge in [0.15, 0.2) is 0 Å². The SMILES string of the molecule is CCC(C)C1(CC(=O)O)CCN(C)CC1. The minimum absolute atomic E-state index is 0.0487. The molecule has 0 amide bonds. The molecule has 1 heterocycles.